The summed E-state index contributed by atoms with van der Waals surface area (Å²) in [5.41, 5.74) is 5.90. The molecule has 1 aromatic carbocycles. The highest BCUT2D eigenvalue weighted by molar-refractivity contribution is 6.30. The molecule has 2 aromatic rings. The molecule has 3 N–H and O–H groups in total. The van der Waals surface area contributed by atoms with Gasteiger partial charge in [-0.1, -0.05) is 23.7 Å². The number of nitrogens with zero attached hydrogens (tertiary/aromatic N) is 3. The van der Waals surface area contributed by atoms with E-state index in [0.29, 0.717) is 10.6 Å². The summed E-state index contributed by atoms with van der Waals surface area (Å²) in [7, 11) is 0. The number of hydrogen-bond donors (Lipinski definition) is 2. The maximum atomic E-state index is 13.4. The largest absolute Gasteiger partial charge is 0.461 e. The molecule has 0 fully saturated rings. The van der Waals surface area contributed by atoms with E-state index in [9.17, 15) is 22.0 Å². The van der Waals surface area contributed by atoms with Gasteiger partial charge in [-0.25, -0.2) is 0 Å². The molecule has 0 saturated carbocycles. The molecule has 0 aliphatic rings. The van der Waals surface area contributed by atoms with Crippen LogP contribution in [0.2, 0.25) is 5.02 Å². The van der Waals surface area contributed by atoms with Crippen molar-refractivity contribution in [1.29, 1.82) is 0 Å². The highest BCUT2D eigenvalue weighted by atomic mass is 35.5. The predicted molar refractivity (Wildman–Crippen MR) is 77.7 cm³/mol. The second kappa shape index (κ2) is 6.34. The van der Waals surface area contributed by atoms with Crippen LogP contribution in [0.5, 0.6) is 0 Å². The Labute approximate surface area is 138 Å². The van der Waals surface area contributed by atoms with Gasteiger partial charge in [0.15, 0.2) is 0 Å². The van der Waals surface area contributed by atoms with Crippen LogP contribution in [0.4, 0.5) is 33.8 Å². The van der Waals surface area contributed by atoms with Gasteiger partial charge in [0.1, 0.15) is 0 Å². The standard InChI is InChI=1S/C13H11ClF5N5/c1-6(7-2-4-8(14)5-3-7)21-11-23-9(22-10(20)24-11)12(15,16)13(17,18)19/h2-6H,1H3,(H3,20,21,22,23,24). The van der Waals surface area contributed by atoms with Crippen LogP contribution in [0, 0.1) is 0 Å². The topological polar surface area (TPSA) is 76.7 Å². The number of nitrogen functional groups attached to an aromatic ring is 1. The first-order valence-electron chi connectivity index (χ1n) is 6.49. The molecule has 0 spiro atoms. The summed E-state index contributed by atoms with van der Waals surface area (Å²) < 4.78 is 64.0. The number of rotatable bonds is 4. The number of nitrogens with two attached hydrogens (primary N) is 1. The lowest BCUT2D eigenvalue weighted by molar-refractivity contribution is -0.292. The number of aromatic nitrogens is 3. The van der Waals surface area contributed by atoms with Crippen molar-refractivity contribution in [2.75, 3.05) is 11.1 Å². The summed E-state index contributed by atoms with van der Waals surface area (Å²) in [5.74, 6) is -8.27. The molecule has 1 atom stereocenters. The Kier molecular flexibility index (Phi) is 4.79. The molecule has 0 saturated heterocycles. The maximum Gasteiger partial charge on any atom is 0.461 e. The smallest absolute Gasteiger partial charge is 0.368 e. The summed E-state index contributed by atoms with van der Waals surface area (Å²) >= 11 is 5.75. The second-order valence-corrected chi connectivity index (χ2v) is 5.27. The molecule has 0 amide bonds. The molecule has 11 heteroatoms. The van der Waals surface area contributed by atoms with Crippen LogP contribution in [0.15, 0.2) is 24.3 Å². The van der Waals surface area contributed by atoms with Crippen LogP contribution < -0.4 is 11.1 Å². The summed E-state index contributed by atoms with van der Waals surface area (Å²) in [4.78, 5) is 9.57. The number of nitrogens with one attached hydrogen (secondary N) is 1. The van der Waals surface area contributed by atoms with Crippen molar-refractivity contribution in [2.24, 2.45) is 0 Å². The molecule has 1 heterocycles. The zero-order valence-corrected chi connectivity index (χ0v) is 12.8. The van der Waals surface area contributed by atoms with E-state index in [4.69, 9.17) is 17.3 Å². The number of alkyl halides is 5. The highest BCUT2D eigenvalue weighted by Gasteiger charge is 2.61. The average Bonchev–Trinajstić information content (AvgIpc) is 2.46. The Morgan fingerprint density at radius 3 is 2.17 bits per heavy atom. The van der Waals surface area contributed by atoms with E-state index in [-0.39, 0.29) is 0 Å². The first kappa shape index (κ1) is 18.1. The van der Waals surface area contributed by atoms with Crippen molar-refractivity contribution in [1.82, 2.24) is 15.0 Å². The van der Waals surface area contributed by atoms with Gasteiger partial charge >= 0.3 is 12.1 Å². The first-order valence-corrected chi connectivity index (χ1v) is 6.87. The van der Waals surface area contributed by atoms with Crippen LogP contribution in [0.1, 0.15) is 24.4 Å². The van der Waals surface area contributed by atoms with Crippen molar-refractivity contribution in [3.63, 3.8) is 0 Å². The average molecular weight is 368 g/mol. The van der Waals surface area contributed by atoms with E-state index >= 15 is 0 Å². The van der Waals surface area contributed by atoms with Gasteiger partial charge in [0.05, 0.1) is 6.04 Å². The number of hydrogen-bond acceptors (Lipinski definition) is 5. The van der Waals surface area contributed by atoms with Gasteiger partial charge in [-0.15, -0.1) is 0 Å². The third-order valence-electron chi connectivity index (χ3n) is 3.01. The Morgan fingerprint density at radius 2 is 1.62 bits per heavy atom. The van der Waals surface area contributed by atoms with Crippen LogP contribution in [-0.2, 0) is 5.92 Å². The third-order valence-corrected chi connectivity index (χ3v) is 3.26. The molecule has 1 aromatic heterocycles. The minimum Gasteiger partial charge on any atom is -0.368 e. The molecule has 0 aliphatic heterocycles. The Morgan fingerprint density at radius 1 is 1.04 bits per heavy atom. The minimum atomic E-state index is -5.85. The van der Waals surface area contributed by atoms with Gasteiger partial charge in [-0.05, 0) is 24.6 Å². The summed E-state index contributed by atoms with van der Waals surface area (Å²) in [6.45, 7) is 1.63. The molecule has 0 aliphatic carbocycles. The SMILES string of the molecule is CC(Nc1nc(N)nc(C(F)(F)C(F)(F)F)n1)c1ccc(Cl)cc1. The summed E-state index contributed by atoms with van der Waals surface area (Å²) in [6.07, 6.45) is -5.85. The molecule has 24 heavy (non-hydrogen) atoms. The summed E-state index contributed by atoms with van der Waals surface area (Å²) in [6, 6.07) is 5.99. The van der Waals surface area contributed by atoms with E-state index in [1.165, 1.54) is 0 Å². The maximum absolute atomic E-state index is 13.4. The van der Waals surface area contributed by atoms with E-state index in [1.54, 1.807) is 31.2 Å². The zero-order chi connectivity index (χ0) is 18.1. The van der Waals surface area contributed by atoms with Crippen molar-refractivity contribution >= 4 is 23.5 Å². The van der Waals surface area contributed by atoms with Gasteiger partial charge in [-0.3, -0.25) is 0 Å². The molecule has 5 nitrogen and oxygen atoms in total. The quantitative estimate of drug-likeness (QED) is 0.801. The zero-order valence-electron chi connectivity index (χ0n) is 12.1. The van der Waals surface area contributed by atoms with Crippen molar-refractivity contribution in [3.8, 4) is 0 Å². The Balaban J connectivity index is 2.30. The number of anilines is 2. The van der Waals surface area contributed by atoms with Crippen molar-refractivity contribution in [2.45, 2.75) is 25.1 Å². The molecular formula is C13H11ClF5N5. The lowest BCUT2D eigenvalue weighted by Gasteiger charge is -2.19. The van der Waals surface area contributed by atoms with Gasteiger partial charge in [-0.2, -0.15) is 36.9 Å². The molecule has 0 radical (unpaired) electrons. The van der Waals surface area contributed by atoms with Gasteiger partial charge < -0.3 is 11.1 Å². The number of halogens is 6. The first-order chi connectivity index (χ1) is 11.0. The predicted octanol–water partition coefficient (Wildman–Crippen LogP) is 3.93. The second-order valence-electron chi connectivity index (χ2n) is 4.83. The third kappa shape index (κ3) is 3.81. The molecular weight excluding hydrogens is 357 g/mol. The minimum absolute atomic E-state index is 0.488. The lowest BCUT2D eigenvalue weighted by Crippen LogP contribution is -2.36. The monoisotopic (exact) mass is 367 g/mol. The van der Waals surface area contributed by atoms with Crippen LogP contribution in [0.3, 0.4) is 0 Å². The van der Waals surface area contributed by atoms with E-state index in [2.05, 4.69) is 20.3 Å². The van der Waals surface area contributed by atoms with Crippen molar-refractivity contribution < 1.29 is 22.0 Å². The van der Waals surface area contributed by atoms with Gasteiger partial charge in [0, 0.05) is 5.02 Å². The van der Waals surface area contributed by atoms with E-state index in [1.807, 2.05) is 0 Å². The van der Waals surface area contributed by atoms with Gasteiger partial charge in [0.25, 0.3) is 0 Å². The highest BCUT2D eigenvalue weighted by Crippen LogP contribution is 2.42. The van der Waals surface area contributed by atoms with Crippen LogP contribution in [-0.4, -0.2) is 21.1 Å². The fourth-order valence-electron chi connectivity index (χ4n) is 1.75. The Hall–Kier alpha value is -2.23. The van der Waals surface area contributed by atoms with Crippen LogP contribution >= 0.6 is 11.6 Å². The van der Waals surface area contributed by atoms with E-state index < -0.39 is 35.9 Å². The molecule has 0 bridgehead atoms. The van der Waals surface area contributed by atoms with E-state index in [0.717, 1.165) is 0 Å². The fraction of sp³-hybridized carbons (Fsp3) is 0.308. The molecule has 130 valence electrons. The van der Waals surface area contributed by atoms with Crippen LogP contribution in [0.25, 0.3) is 0 Å². The van der Waals surface area contributed by atoms with Crippen molar-refractivity contribution in [3.05, 3.63) is 40.7 Å². The fourth-order valence-corrected chi connectivity index (χ4v) is 1.88. The van der Waals surface area contributed by atoms with Gasteiger partial charge in [0.2, 0.25) is 17.7 Å². The normalized spacial score (nSPS) is 13.6. The molecule has 2 rings (SSSR count). The Bertz CT molecular complexity index is 720. The molecule has 1 unspecified atom stereocenters. The lowest BCUT2D eigenvalue weighted by atomic mass is 10.1. The summed E-state index contributed by atoms with van der Waals surface area (Å²) in [5, 5.41) is 3.08. The number of benzene rings is 1.